The minimum Gasteiger partial charge on any atom is -0.374 e. The van der Waals surface area contributed by atoms with Crippen molar-refractivity contribution in [2.45, 2.75) is 51.5 Å². The van der Waals surface area contributed by atoms with Gasteiger partial charge in [0.1, 0.15) is 0 Å². The summed E-state index contributed by atoms with van der Waals surface area (Å²) in [5.41, 5.74) is 8.86. The van der Waals surface area contributed by atoms with Gasteiger partial charge in [0.05, 0.1) is 0 Å². The maximum atomic E-state index is 6.24. The highest BCUT2D eigenvalue weighted by Gasteiger charge is 2.18. The molecule has 1 saturated carbocycles. The second-order valence-corrected chi connectivity index (χ2v) is 5.96. The van der Waals surface area contributed by atoms with Crippen LogP contribution in [-0.2, 0) is 0 Å². The van der Waals surface area contributed by atoms with Gasteiger partial charge < -0.3 is 10.6 Å². The number of nitrogens with zero attached hydrogens (tertiary/aromatic N) is 1. The van der Waals surface area contributed by atoms with Crippen LogP contribution in [0.4, 0.5) is 5.69 Å². The van der Waals surface area contributed by atoms with Crippen LogP contribution in [0.3, 0.4) is 0 Å². The Morgan fingerprint density at radius 1 is 1.21 bits per heavy atom. The molecule has 0 bridgehead atoms. The molecule has 1 fully saturated rings. The molecule has 2 N–H and O–H groups in total. The molecule has 0 heterocycles. The minimum atomic E-state index is 0.157. The van der Waals surface area contributed by atoms with Crippen LogP contribution in [0.2, 0.25) is 0 Å². The van der Waals surface area contributed by atoms with Gasteiger partial charge in [0.2, 0.25) is 0 Å². The Balaban J connectivity index is 2.07. The Kier molecular flexibility index (Phi) is 5.26. The lowest BCUT2D eigenvalue weighted by atomic mass is 9.88. The second kappa shape index (κ2) is 6.95. The van der Waals surface area contributed by atoms with Crippen molar-refractivity contribution in [1.82, 2.24) is 0 Å². The smallest absolute Gasteiger partial charge is 0.0412 e. The summed E-state index contributed by atoms with van der Waals surface area (Å²) < 4.78 is 0. The summed E-state index contributed by atoms with van der Waals surface area (Å²) in [5.74, 6) is 0.865. The molecule has 1 aliphatic rings. The average molecular weight is 260 g/mol. The SMILES string of the molecule is CC[C@H](N)c1ccccc1N(C)CC1CCCCC1. The van der Waals surface area contributed by atoms with Crippen LogP contribution in [0.5, 0.6) is 0 Å². The number of anilines is 1. The minimum absolute atomic E-state index is 0.157. The molecule has 0 aromatic heterocycles. The molecular formula is C17H28N2. The fourth-order valence-electron chi connectivity index (χ4n) is 3.22. The monoisotopic (exact) mass is 260 g/mol. The van der Waals surface area contributed by atoms with E-state index in [4.69, 9.17) is 5.73 Å². The van der Waals surface area contributed by atoms with Gasteiger partial charge >= 0.3 is 0 Å². The maximum absolute atomic E-state index is 6.24. The third-order valence-electron chi connectivity index (χ3n) is 4.44. The van der Waals surface area contributed by atoms with Crippen molar-refractivity contribution in [2.24, 2.45) is 11.7 Å². The Bertz CT molecular complexity index is 383. The van der Waals surface area contributed by atoms with Crippen molar-refractivity contribution >= 4 is 5.69 Å². The summed E-state index contributed by atoms with van der Waals surface area (Å²) in [4.78, 5) is 2.42. The molecule has 1 atom stereocenters. The van der Waals surface area contributed by atoms with E-state index in [0.29, 0.717) is 0 Å². The van der Waals surface area contributed by atoms with Crippen LogP contribution in [0.15, 0.2) is 24.3 Å². The van der Waals surface area contributed by atoms with Gasteiger partial charge in [-0.15, -0.1) is 0 Å². The first-order valence-electron chi connectivity index (χ1n) is 7.78. The Morgan fingerprint density at radius 2 is 1.89 bits per heavy atom. The average Bonchev–Trinajstić information content (AvgIpc) is 2.47. The summed E-state index contributed by atoms with van der Waals surface area (Å²) in [7, 11) is 2.22. The molecule has 19 heavy (non-hydrogen) atoms. The van der Waals surface area contributed by atoms with Crippen molar-refractivity contribution in [3.8, 4) is 0 Å². The van der Waals surface area contributed by atoms with E-state index in [1.165, 1.54) is 49.9 Å². The normalized spacial score (nSPS) is 18.3. The molecule has 1 aromatic carbocycles. The van der Waals surface area contributed by atoms with E-state index in [0.717, 1.165) is 12.3 Å². The fourth-order valence-corrected chi connectivity index (χ4v) is 3.22. The van der Waals surface area contributed by atoms with E-state index < -0.39 is 0 Å². The van der Waals surface area contributed by atoms with Crippen molar-refractivity contribution in [1.29, 1.82) is 0 Å². The highest BCUT2D eigenvalue weighted by atomic mass is 15.1. The van der Waals surface area contributed by atoms with Crippen molar-refractivity contribution in [3.05, 3.63) is 29.8 Å². The van der Waals surface area contributed by atoms with E-state index in [1.54, 1.807) is 0 Å². The lowest BCUT2D eigenvalue weighted by Gasteiger charge is -2.30. The van der Waals surface area contributed by atoms with E-state index in [1.807, 2.05) is 0 Å². The zero-order valence-electron chi connectivity index (χ0n) is 12.4. The van der Waals surface area contributed by atoms with Crippen LogP contribution >= 0.6 is 0 Å². The molecule has 2 heteroatoms. The Morgan fingerprint density at radius 3 is 2.58 bits per heavy atom. The van der Waals surface area contributed by atoms with E-state index in [2.05, 4.69) is 43.1 Å². The zero-order valence-corrected chi connectivity index (χ0v) is 12.4. The van der Waals surface area contributed by atoms with Crippen LogP contribution < -0.4 is 10.6 Å². The van der Waals surface area contributed by atoms with E-state index in [9.17, 15) is 0 Å². The van der Waals surface area contributed by atoms with Gasteiger partial charge in [0.25, 0.3) is 0 Å². The largest absolute Gasteiger partial charge is 0.374 e. The third-order valence-corrected chi connectivity index (χ3v) is 4.44. The number of hydrogen-bond donors (Lipinski definition) is 1. The zero-order chi connectivity index (χ0) is 13.7. The Hall–Kier alpha value is -1.02. The van der Waals surface area contributed by atoms with Gasteiger partial charge in [-0.05, 0) is 36.8 Å². The molecule has 0 spiro atoms. The predicted octanol–water partition coefficient (Wildman–Crippen LogP) is 4.11. The number of benzene rings is 1. The van der Waals surface area contributed by atoms with Gasteiger partial charge in [0, 0.05) is 25.3 Å². The van der Waals surface area contributed by atoms with Gasteiger partial charge in [-0.2, -0.15) is 0 Å². The quantitative estimate of drug-likeness (QED) is 0.863. The number of hydrogen-bond acceptors (Lipinski definition) is 2. The summed E-state index contributed by atoms with van der Waals surface area (Å²) in [6, 6.07) is 8.78. The Labute approximate surface area is 118 Å². The molecule has 0 aliphatic heterocycles. The number of para-hydroxylation sites is 1. The fraction of sp³-hybridized carbons (Fsp3) is 0.647. The highest BCUT2D eigenvalue weighted by molar-refractivity contribution is 5.54. The van der Waals surface area contributed by atoms with Gasteiger partial charge in [-0.1, -0.05) is 44.4 Å². The predicted molar refractivity (Wildman–Crippen MR) is 83.5 cm³/mol. The van der Waals surface area contributed by atoms with Crippen LogP contribution in [0, 0.1) is 5.92 Å². The van der Waals surface area contributed by atoms with Crippen LogP contribution in [0.1, 0.15) is 57.1 Å². The molecule has 2 nitrogen and oxygen atoms in total. The van der Waals surface area contributed by atoms with Gasteiger partial charge in [-0.3, -0.25) is 0 Å². The summed E-state index contributed by atoms with van der Waals surface area (Å²) in [5, 5.41) is 0. The molecule has 106 valence electrons. The molecule has 2 rings (SSSR count). The van der Waals surface area contributed by atoms with Gasteiger partial charge in [-0.25, -0.2) is 0 Å². The molecule has 1 aromatic rings. The number of rotatable bonds is 5. The first kappa shape index (κ1) is 14.4. The standard InChI is InChI=1S/C17H28N2/c1-3-16(18)15-11-7-8-12-17(15)19(2)13-14-9-5-4-6-10-14/h7-8,11-12,14,16H,3-6,9-10,13,18H2,1-2H3/t16-/m0/s1. The van der Waals surface area contributed by atoms with Crippen molar-refractivity contribution in [3.63, 3.8) is 0 Å². The van der Waals surface area contributed by atoms with Crippen molar-refractivity contribution in [2.75, 3.05) is 18.5 Å². The summed E-state index contributed by atoms with van der Waals surface area (Å²) in [6.45, 7) is 3.33. The molecule has 0 radical (unpaired) electrons. The topological polar surface area (TPSA) is 29.3 Å². The number of nitrogens with two attached hydrogens (primary N) is 1. The third kappa shape index (κ3) is 3.73. The summed E-state index contributed by atoms with van der Waals surface area (Å²) >= 11 is 0. The first-order chi connectivity index (χ1) is 9.22. The maximum Gasteiger partial charge on any atom is 0.0412 e. The molecular weight excluding hydrogens is 232 g/mol. The molecule has 0 amide bonds. The summed E-state index contributed by atoms with van der Waals surface area (Å²) in [6.07, 6.45) is 8.04. The van der Waals surface area contributed by atoms with Gasteiger partial charge in [0.15, 0.2) is 0 Å². The second-order valence-electron chi connectivity index (χ2n) is 5.96. The lowest BCUT2D eigenvalue weighted by molar-refractivity contribution is 0.362. The van der Waals surface area contributed by atoms with Crippen molar-refractivity contribution < 1.29 is 0 Å². The molecule has 0 unspecified atom stereocenters. The first-order valence-corrected chi connectivity index (χ1v) is 7.78. The van der Waals surface area contributed by atoms with E-state index >= 15 is 0 Å². The highest BCUT2D eigenvalue weighted by Crippen LogP contribution is 2.29. The van der Waals surface area contributed by atoms with E-state index in [-0.39, 0.29) is 6.04 Å². The molecule has 1 aliphatic carbocycles. The van der Waals surface area contributed by atoms with Crippen LogP contribution in [-0.4, -0.2) is 13.6 Å². The molecule has 0 saturated heterocycles. The lowest BCUT2D eigenvalue weighted by Crippen LogP contribution is -2.28. The van der Waals surface area contributed by atoms with Crippen LogP contribution in [0.25, 0.3) is 0 Å².